The number of rotatable bonds is 12. The van der Waals surface area contributed by atoms with Crippen molar-refractivity contribution in [2.24, 2.45) is 10.9 Å². The second-order valence-electron chi connectivity index (χ2n) is 9.22. The van der Waals surface area contributed by atoms with Gasteiger partial charge in [0.05, 0.1) is 17.6 Å². The summed E-state index contributed by atoms with van der Waals surface area (Å²) in [6.45, 7) is 2.49. The summed E-state index contributed by atoms with van der Waals surface area (Å²) in [5, 5.41) is 10.1. The van der Waals surface area contributed by atoms with Gasteiger partial charge in [0.2, 0.25) is 0 Å². The number of carbonyl (C=O) groups excluding carboxylic acids is 2. The number of aryl methyl sites for hydroxylation is 2. The summed E-state index contributed by atoms with van der Waals surface area (Å²) >= 11 is 1.90. The van der Waals surface area contributed by atoms with Crippen molar-refractivity contribution in [1.82, 2.24) is 15.2 Å². The fourth-order valence-corrected chi connectivity index (χ4v) is 6.14. The van der Waals surface area contributed by atoms with Crippen molar-refractivity contribution < 1.29 is 18.8 Å². The lowest BCUT2D eigenvalue weighted by Gasteiger charge is -2.16. The minimum Gasteiger partial charge on any atom is -0.408 e. The van der Waals surface area contributed by atoms with Gasteiger partial charge in [0.15, 0.2) is 5.58 Å². The number of carbonyl (C=O) groups is 2. The molecule has 35 heavy (non-hydrogen) atoms. The molecule has 0 aliphatic carbocycles. The molecule has 2 aliphatic heterocycles. The first kappa shape index (κ1) is 25.2. The van der Waals surface area contributed by atoms with Gasteiger partial charge in [-0.05, 0) is 50.3 Å². The van der Waals surface area contributed by atoms with Crippen LogP contribution in [0.3, 0.4) is 0 Å². The highest BCUT2D eigenvalue weighted by Crippen LogP contribution is 2.33. The van der Waals surface area contributed by atoms with E-state index in [-0.39, 0.29) is 35.7 Å². The van der Waals surface area contributed by atoms with Gasteiger partial charge in [-0.15, -0.1) is 0 Å². The van der Waals surface area contributed by atoms with Crippen LogP contribution in [-0.4, -0.2) is 45.5 Å². The fourth-order valence-electron chi connectivity index (χ4n) is 4.60. The Labute approximate surface area is 208 Å². The first-order valence-corrected chi connectivity index (χ1v) is 13.3. The number of nitrogens with two attached hydrogens (primary N) is 1. The van der Waals surface area contributed by atoms with Gasteiger partial charge in [-0.1, -0.05) is 24.1 Å². The molecule has 190 valence electrons. The van der Waals surface area contributed by atoms with Crippen LogP contribution in [0.1, 0.15) is 56.9 Å². The number of fused-ring (bicyclic) bond motifs is 2. The van der Waals surface area contributed by atoms with Gasteiger partial charge in [-0.25, -0.2) is 14.4 Å². The number of urea groups is 1. The van der Waals surface area contributed by atoms with Gasteiger partial charge >= 0.3 is 17.8 Å². The Bertz CT molecular complexity index is 1140. The fraction of sp³-hybridized carbons (Fsp3) is 0.583. The molecule has 2 amide bonds. The third-order valence-electron chi connectivity index (χ3n) is 6.46. The molecular formula is C24H33N5O5S. The molecule has 2 aromatic rings. The molecule has 1 aromatic heterocycles. The van der Waals surface area contributed by atoms with Crippen LogP contribution in [0, 0.1) is 6.92 Å². The Morgan fingerprint density at radius 3 is 2.89 bits per heavy atom. The zero-order chi connectivity index (χ0) is 24.8. The maximum Gasteiger partial charge on any atom is 0.419 e. The first-order chi connectivity index (χ1) is 16.9. The van der Waals surface area contributed by atoms with Crippen LogP contribution >= 0.6 is 11.8 Å². The number of unbranched alkanes of at least 4 members (excludes halogenated alkanes) is 3. The number of thioether (sulfide) groups is 1. The van der Waals surface area contributed by atoms with Gasteiger partial charge < -0.3 is 25.6 Å². The number of nitrogens with zero attached hydrogens (tertiary/aromatic N) is 2. The summed E-state index contributed by atoms with van der Waals surface area (Å²) in [5.74, 6) is 0.466. The van der Waals surface area contributed by atoms with Crippen molar-refractivity contribution in [1.29, 1.82) is 0 Å². The van der Waals surface area contributed by atoms with E-state index in [1.165, 1.54) is 0 Å². The van der Waals surface area contributed by atoms with Crippen molar-refractivity contribution >= 4 is 40.7 Å². The summed E-state index contributed by atoms with van der Waals surface area (Å²) in [6.07, 6.45) is 5.88. The summed E-state index contributed by atoms with van der Waals surface area (Å²) < 4.78 is 6.90. The Kier molecular flexibility index (Phi) is 8.37. The van der Waals surface area contributed by atoms with E-state index in [1.807, 2.05) is 30.8 Å². The lowest BCUT2D eigenvalue weighted by Crippen LogP contribution is -2.36. The smallest absolute Gasteiger partial charge is 0.408 e. The van der Waals surface area contributed by atoms with E-state index >= 15 is 0 Å². The predicted octanol–water partition coefficient (Wildman–Crippen LogP) is 3.00. The lowest BCUT2D eigenvalue weighted by molar-refractivity contribution is -0.143. The van der Waals surface area contributed by atoms with E-state index in [2.05, 4.69) is 15.8 Å². The summed E-state index contributed by atoms with van der Waals surface area (Å²) in [6, 6.07) is 6.05. The highest BCUT2D eigenvalue weighted by molar-refractivity contribution is 8.00. The number of oxime groups is 1. The topological polar surface area (TPSA) is 141 Å². The standard InChI is InChI=1S/C24H33N5O5S/c1-15-10-11-18-17(13-15)29(24(32)33-18)12-6-5-8-20(25)28-34-21(30)9-4-2-3-7-19-22-16(14-35-19)26-23(31)27-22/h10-11,13,16,19,22H,2-9,12,14H2,1H3,(H2,25,28)(H2,26,27,31)/t16-,19-,22-/m0/s1. The number of benzene rings is 1. The van der Waals surface area contributed by atoms with Gasteiger partial charge in [-0.2, -0.15) is 11.8 Å². The van der Waals surface area contributed by atoms with E-state index in [9.17, 15) is 14.4 Å². The molecule has 0 radical (unpaired) electrons. The van der Waals surface area contributed by atoms with E-state index in [0.717, 1.165) is 42.5 Å². The average Bonchev–Trinajstić information content (AvgIpc) is 3.47. The Morgan fingerprint density at radius 1 is 1.20 bits per heavy atom. The number of hydrogen-bond acceptors (Lipinski definition) is 7. The third kappa shape index (κ3) is 6.59. The second-order valence-corrected chi connectivity index (χ2v) is 10.5. The molecule has 0 unspecified atom stereocenters. The highest BCUT2D eigenvalue weighted by Gasteiger charge is 2.42. The molecule has 11 heteroatoms. The predicted molar refractivity (Wildman–Crippen MR) is 135 cm³/mol. The quantitative estimate of drug-likeness (QED) is 0.101. The van der Waals surface area contributed by atoms with Crippen LogP contribution in [0.4, 0.5) is 4.79 Å². The van der Waals surface area contributed by atoms with Crippen LogP contribution < -0.4 is 22.1 Å². The van der Waals surface area contributed by atoms with Crippen molar-refractivity contribution in [3.8, 4) is 0 Å². The molecule has 0 saturated carbocycles. The zero-order valence-corrected chi connectivity index (χ0v) is 20.8. The minimum absolute atomic E-state index is 0.0648. The lowest BCUT2D eigenvalue weighted by atomic mass is 10.0. The van der Waals surface area contributed by atoms with Crippen molar-refractivity contribution in [2.45, 2.75) is 82.2 Å². The first-order valence-electron chi connectivity index (χ1n) is 12.2. The number of oxazole rings is 1. The van der Waals surface area contributed by atoms with E-state index in [0.29, 0.717) is 43.1 Å². The molecule has 1 aromatic carbocycles. The van der Waals surface area contributed by atoms with Crippen LogP contribution in [-0.2, 0) is 16.2 Å². The minimum atomic E-state index is -0.387. The molecule has 2 aliphatic rings. The van der Waals surface area contributed by atoms with Gasteiger partial charge in [-0.3, -0.25) is 4.57 Å². The number of aromatic nitrogens is 1. The van der Waals surface area contributed by atoms with Crippen molar-refractivity contribution in [3.63, 3.8) is 0 Å². The SMILES string of the molecule is Cc1ccc2oc(=O)n(CCCC/C(N)=N\OC(=O)CCCCC[C@@H]3SC[C@@H]4NC(=O)N[C@@H]43)c2c1. The number of hydrogen-bond donors (Lipinski definition) is 3. The molecule has 10 nitrogen and oxygen atoms in total. The summed E-state index contributed by atoms with van der Waals surface area (Å²) in [4.78, 5) is 40.4. The third-order valence-corrected chi connectivity index (χ3v) is 7.97. The molecule has 2 saturated heterocycles. The molecule has 0 bridgehead atoms. The van der Waals surface area contributed by atoms with Gasteiger partial charge in [0, 0.05) is 30.4 Å². The summed E-state index contributed by atoms with van der Waals surface area (Å²) in [7, 11) is 0. The molecule has 0 spiro atoms. The van der Waals surface area contributed by atoms with Crippen molar-refractivity contribution in [2.75, 3.05) is 5.75 Å². The normalized spacial score (nSPS) is 21.7. The largest absolute Gasteiger partial charge is 0.419 e. The monoisotopic (exact) mass is 503 g/mol. The Balaban J connectivity index is 1.07. The van der Waals surface area contributed by atoms with Crippen molar-refractivity contribution in [3.05, 3.63) is 34.3 Å². The molecule has 2 fully saturated rings. The zero-order valence-electron chi connectivity index (χ0n) is 20.0. The highest BCUT2D eigenvalue weighted by atomic mass is 32.2. The molecule has 3 atom stereocenters. The Morgan fingerprint density at radius 2 is 2.03 bits per heavy atom. The molecule has 4 rings (SSSR count). The molecule has 3 heterocycles. The van der Waals surface area contributed by atoms with Gasteiger partial charge in [0.25, 0.3) is 0 Å². The van der Waals surface area contributed by atoms with Crippen LogP contribution in [0.5, 0.6) is 0 Å². The number of amidine groups is 1. The second kappa shape index (κ2) is 11.7. The van der Waals surface area contributed by atoms with Gasteiger partial charge in [0.1, 0.15) is 5.84 Å². The van der Waals surface area contributed by atoms with E-state index in [4.69, 9.17) is 15.0 Å². The molecular weight excluding hydrogens is 470 g/mol. The molecule has 4 N–H and O–H groups in total. The average molecular weight is 504 g/mol. The Hall–Kier alpha value is -2.95. The van der Waals surface area contributed by atoms with Crippen LogP contribution in [0.25, 0.3) is 11.1 Å². The van der Waals surface area contributed by atoms with E-state index in [1.54, 1.807) is 10.6 Å². The maximum atomic E-state index is 12.1. The number of nitrogens with one attached hydrogen (secondary N) is 2. The van der Waals surface area contributed by atoms with E-state index < -0.39 is 0 Å². The summed E-state index contributed by atoms with van der Waals surface area (Å²) in [5.41, 5.74) is 8.30. The number of amides is 2. The maximum absolute atomic E-state index is 12.1. The van der Waals surface area contributed by atoms with Crippen LogP contribution in [0.2, 0.25) is 0 Å². The van der Waals surface area contributed by atoms with Crippen LogP contribution in [0.15, 0.2) is 32.6 Å².